The Balaban J connectivity index is 0.841. The summed E-state index contributed by atoms with van der Waals surface area (Å²) in [7, 11) is 3.41. The van der Waals surface area contributed by atoms with E-state index in [4.69, 9.17) is 23.7 Å². The molecule has 3 saturated carbocycles. The number of aliphatic hydroxyl groups excluding tert-OH is 3. The number of allylic oxidation sites excluding steroid dienone is 1. The van der Waals surface area contributed by atoms with Gasteiger partial charge in [-0.2, -0.15) is 0 Å². The number of amides is 2. The normalized spacial score (nSPS) is 29.8. The molecule has 2 amide bonds. The zero-order valence-corrected chi connectivity index (χ0v) is 50.4. The Morgan fingerprint density at radius 1 is 0.824 bits per heavy atom. The highest BCUT2D eigenvalue weighted by atomic mass is 16.5. The predicted molar refractivity (Wildman–Crippen MR) is 326 cm³/mol. The summed E-state index contributed by atoms with van der Waals surface area (Å²) in [6, 6.07) is 16.1. The number of imide groups is 1. The second-order valence-electron chi connectivity index (χ2n) is 26.8. The summed E-state index contributed by atoms with van der Waals surface area (Å²) in [6.07, 6.45) is 20.7. The first kappa shape index (κ1) is 57.9. The average molecular weight is 1160 g/mol. The Hall–Kier alpha value is -6.10. The standard InChI is InChI=1S/C70H88N4O11/c1-40(2)17-19-43-14-11-30-70(50(43)23-18-41(3)73-70)85-56-36-54(82-32-31-71-4)46-21-22-47-61-53(72-67(80)64(56)63(46)61)35-55-62(47)65(78)48(39-84-55)44-33-57(81-5)66(79)58(34-44)83-38-45(37-75)69-29-12-16-51(52(69)24-20-42-13-7-8-15-49(42)69)68(27-9-6-10-28-68)74-59(76)25-26-60(74)77/h7-8,13,15,20,24-26,33-36,40-41,43,45,48,50-52,65,67,71-73,75,78-80H,6,9-12,14,16-19,21-23,27-32,37-39H2,1-5H3/t41-,43-,45-,48-,50-,51-,52+,65-,67+,69-,70-/m0/s1. The van der Waals surface area contributed by atoms with Crippen molar-refractivity contribution in [2.24, 2.45) is 35.5 Å². The van der Waals surface area contributed by atoms with E-state index in [0.29, 0.717) is 71.9 Å². The number of fused-ring (bicyclic) bond motifs is 6. The summed E-state index contributed by atoms with van der Waals surface area (Å²) in [5, 5.41) is 59.9. The molecule has 0 unspecified atom stereocenters. The fourth-order valence-electron chi connectivity index (χ4n) is 18.1. The van der Waals surface area contributed by atoms with Gasteiger partial charge in [-0.05, 0) is 143 Å². The van der Waals surface area contributed by atoms with Gasteiger partial charge in [-0.1, -0.05) is 82.4 Å². The molecule has 5 aliphatic carbocycles. The number of likely N-dealkylation sites (N-methyl/N-ethyl adjacent to an activating group) is 1. The van der Waals surface area contributed by atoms with Gasteiger partial charge in [0, 0.05) is 94.4 Å². The molecule has 1 saturated heterocycles. The number of carbonyl (C=O) groups excluding carboxylic acids is 2. The molecule has 4 fully saturated rings. The molecule has 0 spiro atoms. The highest BCUT2D eigenvalue weighted by Crippen LogP contribution is 2.62. The molecule has 4 heterocycles. The van der Waals surface area contributed by atoms with E-state index in [1.54, 1.807) is 17.0 Å². The molecule has 4 aromatic carbocycles. The lowest BCUT2D eigenvalue weighted by atomic mass is 9.47. The largest absolute Gasteiger partial charge is 0.502 e. The van der Waals surface area contributed by atoms with E-state index in [1.807, 2.05) is 25.2 Å². The second-order valence-corrected chi connectivity index (χ2v) is 26.8. The Morgan fingerprint density at radius 3 is 2.38 bits per heavy atom. The number of nitrogens with one attached hydrogen (secondary N) is 3. The molecule has 15 nitrogen and oxygen atoms in total. The van der Waals surface area contributed by atoms with Crippen molar-refractivity contribution >= 4 is 23.6 Å². The molecule has 9 aliphatic rings. The number of nitrogens with zero attached hydrogens (tertiary/aromatic N) is 1. The van der Waals surface area contributed by atoms with Crippen molar-refractivity contribution in [3.8, 4) is 45.6 Å². The van der Waals surface area contributed by atoms with Crippen LogP contribution in [0, 0.1) is 35.5 Å². The van der Waals surface area contributed by atoms with E-state index in [1.165, 1.54) is 32.1 Å². The molecular formula is C70H88N4O11. The number of phenols is 1. The molecule has 4 aromatic rings. The Kier molecular flexibility index (Phi) is 15.8. The highest BCUT2D eigenvalue weighted by molar-refractivity contribution is 6.13. The van der Waals surface area contributed by atoms with Crippen LogP contribution in [0.15, 0.2) is 66.8 Å². The molecule has 85 heavy (non-hydrogen) atoms. The summed E-state index contributed by atoms with van der Waals surface area (Å²) in [6.45, 7) is 7.88. The number of rotatable bonds is 18. The van der Waals surface area contributed by atoms with Crippen LogP contribution in [0.2, 0.25) is 0 Å². The van der Waals surface area contributed by atoms with Gasteiger partial charge in [0.25, 0.3) is 11.8 Å². The average Bonchev–Trinajstić information content (AvgIpc) is 1.20. The molecule has 454 valence electrons. The Bertz CT molecular complexity index is 3260. The molecule has 4 aliphatic heterocycles. The third-order valence-corrected chi connectivity index (χ3v) is 21.9. The number of piperidine rings is 1. The van der Waals surface area contributed by atoms with Crippen LogP contribution in [0.5, 0.6) is 34.5 Å². The minimum atomic E-state index is -1.09. The second kappa shape index (κ2) is 23.2. The van der Waals surface area contributed by atoms with Gasteiger partial charge in [0.1, 0.15) is 23.9 Å². The van der Waals surface area contributed by atoms with Crippen molar-refractivity contribution in [2.75, 3.05) is 52.4 Å². The lowest BCUT2D eigenvalue weighted by Crippen LogP contribution is -2.65. The lowest BCUT2D eigenvalue weighted by Gasteiger charge is -2.60. The topological polar surface area (TPSA) is 201 Å². The van der Waals surface area contributed by atoms with Crippen LogP contribution in [0.25, 0.3) is 17.2 Å². The van der Waals surface area contributed by atoms with E-state index in [2.05, 4.69) is 67.1 Å². The molecule has 0 aromatic heterocycles. The van der Waals surface area contributed by atoms with Crippen molar-refractivity contribution in [3.63, 3.8) is 0 Å². The number of methoxy groups -OCH3 is 1. The molecule has 7 N–H and O–H groups in total. The SMILES string of the molecule is CNCCOc1cc(O[C@@]23CCC[C@@H](CCC(C)C)[C@@H]2CC[C@H](C)N3)c2c3c1CCc1c-3c(cc3c1[C@@H](O)[C@H](c1cc(OC)c(O)c(OC[C@H](CO)[C@]45CCC[C@H](C6(N7C(=O)C=CC7=O)CCCCC6)[C@H]4C=Cc4ccccc45)c1)CO3)N[C@@H]2O. The first-order valence-corrected chi connectivity index (χ1v) is 32.1. The summed E-state index contributed by atoms with van der Waals surface area (Å²) < 4.78 is 33.7. The van der Waals surface area contributed by atoms with E-state index in [-0.39, 0.29) is 66.8 Å². The Labute approximate surface area is 500 Å². The quantitative estimate of drug-likeness (QED) is 0.0367. The van der Waals surface area contributed by atoms with Crippen molar-refractivity contribution in [1.29, 1.82) is 0 Å². The van der Waals surface area contributed by atoms with Gasteiger partial charge in [0.2, 0.25) is 5.75 Å². The zero-order chi connectivity index (χ0) is 58.9. The summed E-state index contributed by atoms with van der Waals surface area (Å²) in [5.41, 5.74) is 6.69. The third kappa shape index (κ3) is 9.72. The van der Waals surface area contributed by atoms with Crippen molar-refractivity contribution in [1.82, 2.24) is 15.5 Å². The van der Waals surface area contributed by atoms with E-state index >= 15 is 0 Å². The predicted octanol–water partition coefficient (Wildman–Crippen LogP) is 11.1. The first-order valence-electron chi connectivity index (χ1n) is 32.1. The van der Waals surface area contributed by atoms with Crippen LogP contribution in [0.3, 0.4) is 0 Å². The van der Waals surface area contributed by atoms with Gasteiger partial charge in [0.05, 0.1) is 44.1 Å². The van der Waals surface area contributed by atoms with Crippen LogP contribution in [0.4, 0.5) is 5.69 Å². The minimum absolute atomic E-state index is 0.0313. The van der Waals surface area contributed by atoms with Crippen molar-refractivity contribution in [2.45, 2.75) is 171 Å². The van der Waals surface area contributed by atoms with Crippen LogP contribution in [-0.2, 0) is 27.8 Å². The first-order chi connectivity index (χ1) is 41.2. The fourth-order valence-corrected chi connectivity index (χ4v) is 18.1. The van der Waals surface area contributed by atoms with Crippen LogP contribution < -0.4 is 39.6 Å². The summed E-state index contributed by atoms with van der Waals surface area (Å²) in [5.74, 6) is 1.69. The van der Waals surface area contributed by atoms with E-state index in [9.17, 15) is 30.0 Å². The number of carbonyl (C=O) groups is 2. The molecule has 15 heteroatoms. The maximum Gasteiger partial charge on any atom is 0.254 e. The van der Waals surface area contributed by atoms with Gasteiger partial charge in [0.15, 0.2) is 23.5 Å². The number of aromatic hydroxyl groups is 1. The molecule has 11 atom stereocenters. The highest BCUT2D eigenvalue weighted by Gasteiger charge is 2.61. The number of ether oxygens (including phenoxy) is 5. The van der Waals surface area contributed by atoms with Crippen molar-refractivity contribution < 1.29 is 53.7 Å². The van der Waals surface area contributed by atoms with Crippen LogP contribution in [-0.4, -0.2) is 102 Å². The molecular weight excluding hydrogens is 1070 g/mol. The number of hydrogen-bond acceptors (Lipinski definition) is 14. The molecule has 0 bridgehead atoms. The van der Waals surface area contributed by atoms with E-state index < -0.39 is 40.8 Å². The van der Waals surface area contributed by atoms with Crippen LogP contribution in [0.1, 0.15) is 174 Å². The lowest BCUT2D eigenvalue weighted by molar-refractivity contribution is -0.153. The summed E-state index contributed by atoms with van der Waals surface area (Å²) in [4.78, 5) is 29.0. The maximum atomic E-state index is 13.7. The van der Waals surface area contributed by atoms with Gasteiger partial charge in [-0.3, -0.25) is 19.8 Å². The summed E-state index contributed by atoms with van der Waals surface area (Å²) >= 11 is 0. The number of benzene rings is 4. The van der Waals surface area contributed by atoms with Gasteiger partial charge in [-0.15, -0.1) is 0 Å². The smallest absolute Gasteiger partial charge is 0.254 e. The number of hydrogen-bond donors (Lipinski definition) is 7. The Morgan fingerprint density at radius 2 is 1.60 bits per heavy atom. The molecule has 13 rings (SSSR count). The van der Waals surface area contributed by atoms with Gasteiger partial charge >= 0.3 is 0 Å². The maximum absolute atomic E-state index is 13.7. The van der Waals surface area contributed by atoms with Crippen molar-refractivity contribution in [3.05, 3.63) is 106 Å². The van der Waals surface area contributed by atoms with Crippen LogP contribution >= 0.6 is 0 Å². The third-order valence-electron chi connectivity index (χ3n) is 21.9. The number of anilines is 1. The number of aliphatic hydroxyl groups is 3. The number of phenolic OH excluding ortho intramolecular Hbond substituents is 1. The minimum Gasteiger partial charge on any atom is -0.502 e. The monoisotopic (exact) mass is 1160 g/mol. The molecule has 0 radical (unpaired) electrons. The fraction of sp³-hybridized carbons (Fsp3) is 0.571. The van der Waals surface area contributed by atoms with Gasteiger partial charge in [-0.25, -0.2) is 0 Å². The zero-order valence-electron chi connectivity index (χ0n) is 50.4. The van der Waals surface area contributed by atoms with Gasteiger partial charge < -0.3 is 54.7 Å². The van der Waals surface area contributed by atoms with E-state index in [0.717, 1.165) is 128 Å².